The second-order valence-corrected chi connectivity index (χ2v) is 5.74. The molecule has 1 saturated heterocycles. The number of aromatic nitrogens is 1. The quantitative estimate of drug-likeness (QED) is 0.923. The van der Waals surface area contributed by atoms with Gasteiger partial charge in [0.05, 0.1) is 5.52 Å². The van der Waals surface area contributed by atoms with Crippen molar-refractivity contribution in [2.45, 2.75) is 38.6 Å². The van der Waals surface area contributed by atoms with Gasteiger partial charge in [0.2, 0.25) is 5.91 Å². The molecule has 5 heteroatoms. The van der Waals surface area contributed by atoms with E-state index in [1.807, 2.05) is 32.0 Å². The fourth-order valence-electron chi connectivity index (χ4n) is 2.84. The monoisotopic (exact) mass is 286 g/mol. The molecule has 1 aromatic heterocycles. The van der Waals surface area contributed by atoms with Crippen LogP contribution in [0.25, 0.3) is 11.1 Å². The van der Waals surface area contributed by atoms with Gasteiger partial charge in [-0.05, 0) is 30.4 Å². The number of allylic oxidation sites excluding steroid dienone is 1. The first-order valence-electron chi connectivity index (χ1n) is 7.11. The Labute approximate surface area is 122 Å². The van der Waals surface area contributed by atoms with Gasteiger partial charge in [-0.15, -0.1) is 0 Å². The van der Waals surface area contributed by atoms with Crippen LogP contribution in [0, 0.1) is 0 Å². The SMILES string of the molecule is C=C1CC[C@@H](n2c(=O)oc3c(C(C)C)cccc32)C(=O)N1. The zero-order valence-electron chi connectivity index (χ0n) is 12.2. The van der Waals surface area contributed by atoms with Crippen LogP contribution in [0.15, 0.2) is 39.7 Å². The van der Waals surface area contributed by atoms with Crippen LogP contribution in [-0.2, 0) is 4.79 Å². The molecule has 1 aliphatic rings. The largest absolute Gasteiger partial charge is 0.420 e. The summed E-state index contributed by atoms with van der Waals surface area (Å²) in [5, 5.41) is 2.71. The molecule has 0 bridgehead atoms. The van der Waals surface area contributed by atoms with Crippen molar-refractivity contribution in [2.75, 3.05) is 0 Å². The van der Waals surface area contributed by atoms with Crippen molar-refractivity contribution in [3.63, 3.8) is 0 Å². The summed E-state index contributed by atoms with van der Waals surface area (Å²) >= 11 is 0. The average molecular weight is 286 g/mol. The smallest absolute Gasteiger partial charge is 0.407 e. The molecule has 1 aromatic carbocycles. The summed E-state index contributed by atoms with van der Waals surface area (Å²) in [6.45, 7) is 7.85. The maximum Gasteiger partial charge on any atom is 0.420 e. The number of hydrogen-bond donors (Lipinski definition) is 1. The van der Waals surface area contributed by atoms with E-state index in [9.17, 15) is 9.59 Å². The van der Waals surface area contributed by atoms with Gasteiger partial charge in [0, 0.05) is 5.70 Å². The number of carbonyl (C=O) groups is 1. The maximum absolute atomic E-state index is 12.2. The number of para-hydroxylation sites is 1. The van der Waals surface area contributed by atoms with Gasteiger partial charge in [-0.2, -0.15) is 0 Å². The average Bonchev–Trinajstić information content (AvgIpc) is 2.74. The summed E-state index contributed by atoms with van der Waals surface area (Å²) < 4.78 is 6.89. The molecule has 0 radical (unpaired) electrons. The van der Waals surface area contributed by atoms with Crippen LogP contribution in [0.1, 0.15) is 44.2 Å². The van der Waals surface area contributed by atoms with Crippen LogP contribution in [0.5, 0.6) is 0 Å². The van der Waals surface area contributed by atoms with E-state index in [4.69, 9.17) is 4.42 Å². The fraction of sp³-hybridized carbons (Fsp3) is 0.375. The number of benzene rings is 1. The van der Waals surface area contributed by atoms with Crippen LogP contribution in [0.4, 0.5) is 0 Å². The van der Waals surface area contributed by atoms with Crippen LogP contribution >= 0.6 is 0 Å². The molecule has 110 valence electrons. The molecule has 0 aliphatic carbocycles. The number of nitrogens with zero attached hydrogens (tertiary/aromatic N) is 1. The van der Waals surface area contributed by atoms with Crippen molar-refractivity contribution in [2.24, 2.45) is 0 Å². The number of amides is 1. The van der Waals surface area contributed by atoms with Crippen LogP contribution in [-0.4, -0.2) is 10.5 Å². The summed E-state index contributed by atoms with van der Waals surface area (Å²) in [7, 11) is 0. The number of piperidine rings is 1. The highest BCUT2D eigenvalue weighted by atomic mass is 16.4. The predicted octanol–water partition coefficient (Wildman–Crippen LogP) is 2.68. The summed E-state index contributed by atoms with van der Waals surface area (Å²) in [6.07, 6.45) is 1.23. The van der Waals surface area contributed by atoms with E-state index < -0.39 is 11.8 Å². The zero-order chi connectivity index (χ0) is 15.1. The molecular formula is C16H18N2O3. The van der Waals surface area contributed by atoms with Crippen molar-refractivity contribution < 1.29 is 9.21 Å². The van der Waals surface area contributed by atoms with Gasteiger partial charge in [-0.25, -0.2) is 4.79 Å². The number of rotatable bonds is 2. The van der Waals surface area contributed by atoms with Crippen LogP contribution in [0.3, 0.4) is 0 Å². The van der Waals surface area contributed by atoms with E-state index >= 15 is 0 Å². The van der Waals surface area contributed by atoms with Gasteiger partial charge in [0.25, 0.3) is 0 Å². The van der Waals surface area contributed by atoms with E-state index in [1.165, 1.54) is 4.57 Å². The molecule has 1 aliphatic heterocycles. The lowest BCUT2D eigenvalue weighted by atomic mass is 10.0. The Morgan fingerprint density at radius 1 is 1.38 bits per heavy atom. The lowest BCUT2D eigenvalue weighted by molar-refractivity contribution is -0.124. The van der Waals surface area contributed by atoms with Crippen molar-refractivity contribution in [3.8, 4) is 0 Å². The van der Waals surface area contributed by atoms with Crippen molar-refractivity contribution in [3.05, 3.63) is 46.6 Å². The van der Waals surface area contributed by atoms with E-state index in [2.05, 4.69) is 11.9 Å². The molecule has 1 atom stereocenters. The Bertz CT molecular complexity index is 782. The third kappa shape index (κ3) is 2.18. The Kier molecular flexibility index (Phi) is 3.20. The van der Waals surface area contributed by atoms with Gasteiger partial charge in [-0.1, -0.05) is 32.6 Å². The van der Waals surface area contributed by atoms with Crippen molar-refractivity contribution >= 4 is 17.0 Å². The minimum atomic E-state index is -0.535. The minimum Gasteiger partial charge on any atom is -0.407 e. The number of hydrogen-bond acceptors (Lipinski definition) is 3. The molecule has 21 heavy (non-hydrogen) atoms. The molecule has 2 heterocycles. The van der Waals surface area contributed by atoms with E-state index in [-0.39, 0.29) is 11.8 Å². The second-order valence-electron chi connectivity index (χ2n) is 5.74. The molecule has 1 N–H and O–H groups in total. The van der Waals surface area contributed by atoms with Gasteiger partial charge in [0.1, 0.15) is 6.04 Å². The van der Waals surface area contributed by atoms with Gasteiger partial charge < -0.3 is 9.73 Å². The highest BCUT2D eigenvalue weighted by molar-refractivity contribution is 5.86. The Morgan fingerprint density at radius 3 is 2.81 bits per heavy atom. The topological polar surface area (TPSA) is 64.2 Å². The molecule has 2 aromatic rings. The first-order valence-corrected chi connectivity index (χ1v) is 7.11. The van der Waals surface area contributed by atoms with Gasteiger partial charge in [-0.3, -0.25) is 9.36 Å². The van der Waals surface area contributed by atoms with Crippen LogP contribution < -0.4 is 11.1 Å². The standard InChI is InChI=1S/C16H18N2O3/c1-9(2)11-5-4-6-12-14(11)21-16(20)18(12)13-8-7-10(3)17-15(13)19/h4-6,9,13H,3,7-8H2,1-2H3,(H,17,19)/t13-/m1/s1. The van der Waals surface area contributed by atoms with Gasteiger partial charge in [0.15, 0.2) is 5.58 Å². The zero-order valence-corrected chi connectivity index (χ0v) is 12.2. The summed E-state index contributed by atoms with van der Waals surface area (Å²) in [6, 6.07) is 5.13. The summed E-state index contributed by atoms with van der Waals surface area (Å²) in [5.41, 5.74) is 2.93. The fourth-order valence-corrected chi connectivity index (χ4v) is 2.84. The number of fused-ring (bicyclic) bond motifs is 1. The number of oxazole rings is 1. The molecule has 1 amide bonds. The molecule has 1 fully saturated rings. The molecule has 3 rings (SSSR count). The second kappa shape index (κ2) is 4.91. The maximum atomic E-state index is 12.2. The molecule has 0 spiro atoms. The van der Waals surface area contributed by atoms with E-state index in [0.717, 1.165) is 5.56 Å². The first kappa shape index (κ1) is 13.7. The highest BCUT2D eigenvalue weighted by Crippen LogP contribution is 2.29. The predicted molar refractivity (Wildman–Crippen MR) is 80.1 cm³/mol. The lowest BCUT2D eigenvalue weighted by Gasteiger charge is -2.23. The van der Waals surface area contributed by atoms with E-state index in [1.54, 1.807) is 0 Å². The Hall–Kier alpha value is -2.30. The third-order valence-electron chi connectivity index (χ3n) is 3.93. The highest BCUT2D eigenvalue weighted by Gasteiger charge is 2.29. The van der Waals surface area contributed by atoms with Crippen LogP contribution in [0.2, 0.25) is 0 Å². The van der Waals surface area contributed by atoms with Crippen molar-refractivity contribution in [1.82, 2.24) is 9.88 Å². The lowest BCUT2D eigenvalue weighted by Crippen LogP contribution is -2.39. The molecular weight excluding hydrogens is 268 g/mol. The van der Waals surface area contributed by atoms with Crippen molar-refractivity contribution in [1.29, 1.82) is 0 Å². The van der Waals surface area contributed by atoms with Gasteiger partial charge >= 0.3 is 5.76 Å². The third-order valence-corrected chi connectivity index (χ3v) is 3.93. The number of carbonyl (C=O) groups excluding carboxylic acids is 1. The number of nitrogens with one attached hydrogen (secondary N) is 1. The molecule has 0 saturated carbocycles. The van der Waals surface area contributed by atoms with E-state index in [0.29, 0.717) is 29.6 Å². The Morgan fingerprint density at radius 2 is 2.14 bits per heavy atom. The minimum absolute atomic E-state index is 0.203. The Balaban J connectivity index is 2.18. The normalized spacial score (nSPS) is 19.3. The summed E-state index contributed by atoms with van der Waals surface area (Å²) in [5.74, 6) is -0.440. The molecule has 5 nitrogen and oxygen atoms in total. The first-order chi connectivity index (χ1) is 9.99. The summed E-state index contributed by atoms with van der Waals surface area (Å²) in [4.78, 5) is 24.4. The molecule has 0 unspecified atom stereocenters.